The van der Waals surface area contributed by atoms with E-state index in [1.807, 2.05) is 0 Å². The Morgan fingerprint density at radius 2 is 1.48 bits per heavy atom. The van der Waals surface area contributed by atoms with Crippen LogP contribution < -0.4 is 0 Å². The van der Waals surface area contributed by atoms with Gasteiger partial charge < -0.3 is 29.9 Å². The van der Waals surface area contributed by atoms with Crippen LogP contribution in [0, 0.1) is 0 Å². The number of aliphatic hydroxyl groups is 4. The highest BCUT2D eigenvalue weighted by Crippen LogP contribution is 2.32. The second-order valence-corrected chi connectivity index (χ2v) is 7.92. The molecular weight excluding hydrogens is 348 g/mol. The molecule has 0 bridgehead atoms. The van der Waals surface area contributed by atoms with Crippen molar-refractivity contribution in [1.82, 2.24) is 0 Å². The van der Waals surface area contributed by atoms with E-state index in [-0.39, 0.29) is 25.4 Å². The normalized spacial score (nSPS) is 22.6. The van der Waals surface area contributed by atoms with E-state index in [1.54, 1.807) is 0 Å². The molecule has 0 aromatic carbocycles. The van der Waals surface area contributed by atoms with Crippen LogP contribution in [0.4, 0.5) is 0 Å². The molecule has 27 heavy (non-hydrogen) atoms. The Labute approximate surface area is 164 Å². The first kappa shape index (κ1) is 24.8. The minimum atomic E-state index is -0.921. The SMILES string of the molecule is CCCCCCC(O)CC1OC1CCCCCCCC(O)OCC(O)CO. The summed E-state index contributed by atoms with van der Waals surface area (Å²) in [6.45, 7) is 1.81. The fourth-order valence-corrected chi connectivity index (χ4v) is 3.39. The molecule has 1 heterocycles. The summed E-state index contributed by atoms with van der Waals surface area (Å²) >= 11 is 0. The summed E-state index contributed by atoms with van der Waals surface area (Å²) in [6.07, 6.45) is 12.2. The molecule has 1 saturated heterocycles. The zero-order valence-electron chi connectivity index (χ0n) is 17.1. The third-order valence-corrected chi connectivity index (χ3v) is 5.21. The van der Waals surface area contributed by atoms with Gasteiger partial charge in [-0.3, -0.25) is 0 Å². The molecule has 1 aliphatic rings. The maximum atomic E-state index is 10.0. The third kappa shape index (κ3) is 13.6. The van der Waals surface area contributed by atoms with Crippen molar-refractivity contribution in [1.29, 1.82) is 0 Å². The van der Waals surface area contributed by atoms with Crippen molar-refractivity contribution in [2.75, 3.05) is 13.2 Å². The predicted molar refractivity (Wildman–Crippen MR) is 105 cm³/mol. The maximum Gasteiger partial charge on any atom is 0.154 e. The van der Waals surface area contributed by atoms with E-state index in [4.69, 9.17) is 19.7 Å². The van der Waals surface area contributed by atoms with Gasteiger partial charge in [0.1, 0.15) is 6.10 Å². The van der Waals surface area contributed by atoms with Crippen molar-refractivity contribution in [3.63, 3.8) is 0 Å². The number of hydrogen-bond donors (Lipinski definition) is 4. The molecule has 4 N–H and O–H groups in total. The van der Waals surface area contributed by atoms with E-state index in [9.17, 15) is 10.2 Å². The Hall–Kier alpha value is -0.240. The monoisotopic (exact) mass is 390 g/mol. The van der Waals surface area contributed by atoms with Crippen LogP contribution in [-0.2, 0) is 9.47 Å². The van der Waals surface area contributed by atoms with Gasteiger partial charge in [0.05, 0.1) is 31.5 Å². The zero-order chi connectivity index (χ0) is 19.9. The molecule has 5 unspecified atom stereocenters. The van der Waals surface area contributed by atoms with Gasteiger partial charge in [0, 0.05) is 6.42 Å². The van der Waals surface area contributed by atoms with Gasteiger partial charge >= 0.3 is 0 Å². The zero-order valence-corrected chi connectivity index (χ0v) is 17.1. The van der Waals surface area contributed by atoms with E-state index in [2.05, 4.69) is 6.92 Å². The Morgan fingerprint density at radius 1 is 0.815 bits per heavy atom. The first-order valence-electron chi connectivity index (χ1n) is 11.0. The van der Waals surface area contributed by atoms with Crippen LogP contribution in [0.25, 0.3) is 0 Å². The number of hydrogen-bond acceptors (Lipinski definition) is 6. The standard InChI is InChI=1S/C21H42O6/c1-2-3-4-8-11-17(23)14-20-19(27-20)12-9-6-5-7-10-13-21(25)26-16-18(24)15-22/h17-25H,2-16H2,1H3. The number of ether oxygens (including phenoxy) is 2. The highest BCUT2D eigenvalue weighted by molar-refractivity contribution is 4.86. The molecule has 1 aliphatic heterocycles. The fourth-order valence-electron chi connectivity index (χ4n) is 3.39. The van der Waals surface area contributed by atoms with E-state index >= 15 is 0 Å². The first-order valence-corrected chi connectivity index (χ1v) is 11.0. The van der Waals surface area contributed by atoms with Crippen LogP contribution in [0.5, 0.6) is 0 Å². The van der Waals surface area contributed by atoms with E-state index in [0.29, 0.717) is 12.5 Å². The molecule has 0 amide bonds. The Balaban J connectivity index is 1.85. The van der Waals surface area contributed by atoms with Crippen molar-refractivity contribution in [2.45, 2.75) is 121 Å². The lowest BCUT2D eigenvalue weighted by atomic mass is 10.0. The molecular formula is C21H42O6. The Kier molecular flexibility index (Phi) is 14.4. The predicted octanol–water partition coefficient (Wildman–Crippen LogP) is 2.89. The van der Waals surface area contributed by atoms with Gasteiger partial charge in [-0.1, -0.05) is 58.3 Å². The summed E-state index contributed by atoms with van der Waals surface area (Å²) in [5.74, 6) is 0. The van der Waals surface area contributed by atoms with Gasteiger partial charge in [-0.2, -0.15) is 0 Å². The van der Waals surface area contributed by atoms with Crippen LogP contribution >= 0.6 is 0 Å². The average Bonchev–Trinajstić information content (AvgIpc) is 3.39. The summed E-state index contributed by atoms with van der Waals surface area (Å²) in [6, 6.07) is 0. The molecule has 162 valence electrons. The highest BCUT2D eigenvalue weighted by Gasteiger charge is 2.38. The van der Waals surface area contributed by atoms with Crippen LogP contribution in [0.3, 0.4) is 0 Å². The third-order valence-electron chi connectivity index (χ3n) is 5.21. The van der Waals surface area contributed by atoms with Gasteiger partial charge in [-0.15, -0.1) is 0 Å². The molecule has 5 atom stereocenters. The van der Waals surface area contributed by atoms with Crippen LogP contribution in [0.1, 0.15) is 90.4 Å². The lowest BCUT2D eigenvalue weighted by Gasteiger charge is -2.14. The topological polar surface area (TPSA) is 103 Å². The second-order valence-electron chi connectivity index (χ2n) is 7.92. The molecule has 1 rings (SSSR count). The molecule has 0 aromatic heterocycles. The van der Waals surface area contributed by atoms with E-state index in [1.165, 1.54) is 19.3 Å². The summed E-state index contributed by atoms with van der Waals surface area (Å²) in [7, 11) is 0. The lowest BCUT2D eigenvalue weighted by Crippen LogP contribution is -2.24. The van der Waals surface area contributed by atoms with Crippen molar-refractivity contribution in [3.8, 4) is 0 Å². The molecule has 0 aromatic rings. The molecule has 0 radical (unpaired) electrons. The van der Waals surface area contributed by atoms with Gasteiger partial charge in [-0.05, 0) is 25.7 Å². The number of unbranched alkanes of at least 4 members (excludes halogenated alkanes) is 7. The summed E-state index contributed by atoms with van der Waals surface area (Å²) in [4.78, 5) is 0. The van der Waals surface area contributed by atoms with Crippen molar-refractivity contribution < 1.29 is 29.9 Å². The summed E-state index contributed by atoms with van der Waals surface area (Å²) in [5, 5.41) is 37.4. The highest BCUT2D eigenvalue weighted by atomic mass is 16.6. The van der Waals surface area contributed by atoms with Crippen LogP contribution in [0.2, 0.25) is 0 Å². The first-order chi connectivity index (χ1) is 13.1. The molecule has 0 spiro atoms. The summed E-state index contributed by atoms with van der Waals surface area (Å²) < 4.78 is 10.7. The van der Waals surface area contributed by atoms with Gasteiger partial charge in [-0.25, -0.2) is 0 Å². The number of epoxide rings is 1. The summed E-state index contributed by atoms with van der Waals surface area (Å²) in [5.41, 5.74) is 0. The molecule has 0 aliphatic carbocycles. The Bertz CT molecular complexity index is 341. The van der Waals surface area contributed by atoms with E-state index in [0.717, 1.165) is 57.8 Å². The minimum Gasteiger partial charge on any atom is -0.394 e. The Morgan fingerprint density at radius 3 is 2.22 bits per heavy atom. The molecule has 6 heteroatoms. The minimum absolute atomic E-state index is 0.0341. The molecule has 6 nitrogen and oxygen atoms in total. The smallest absolute Gasteiger partial charge is 0.154 e. The number of aliphatic hydroxyl groups excluding tert-OH is 4. The molecule has 0 saturated carbocycles. The molecule has 1 fully saturated rings. The second kappa shape index (κ2) is 15.7. The lowest BCUT2D eigenvalue weighted by molar-refractivity contribution is -0.130. The number of rotatable bonds is 19. The van der Waals surface area contributed by atoms with Crippen LogP contribution in [-0.4, -0.2) is 64.3 Å². The van der Waals surface area contributed by atoms with Crippen molar-refractivity contribution in [2.24, 2.45) is 0 Å². The van der Waals surface area contributed by atoms with Crippen LogP contribution in [0.15, 0.2) is 0 Å². The average molecular weight is 391 g/mol. The maximum absolute atomic E-state index is 10.0. The van der Waals surface area contributed by atoms with Gasteiger partial charge in [0.15, 0.2) is 6.29 Å². The quantitative estimate of drug-likeness (QED) is 0.154. The van der Waals surface area contributed by atoms with Gasteiger partial charge in [0.25, 0.3) is 0 Å². The van der Waals surface area contributed by atoms with E-state index < -0.39 is 12.4 Å². The van der Waals surface area contributed by atoms with Gasteiger partial charge in [0.2, 0.25) is 0 Å². The van der Waals surface area contributed by atoms with Crippen molar-refractivity contribution in [3.05, 3.63) is 0 Å². The largest absolute Gasteiger partial charge is 0.394 e. The van der Waals surface area contributed by atoms with Crippen molar-refractivity contribution >= 4 is 0 Å². The fraction of sp³-hybridized carbons (Fsp3) is 1.00.